The minimum atomic E-state index is -0.408. The summed E-state index contributed by atoms with van der Waals surface area (Å²) in [6, 6.07) is 2.11. The van der Waals surface area contributed by atoms with Crippen LogP contribution in [0.4, 0.5) is 0 Å². The van der Waals surface area contributed by atoms with E-state index >= 15 is 0 Å². The fourth-order valence-corrected chi connectivity index (χ4v) is 3.98. The molecule has 1 aliphatic rings. The predicted molar refractivity (Wildman–Crippen MR) is 85.2 cm³/mol. The Balaban J connectivity index is 1.81. The van der Waals surface area contributed by atoms with Gasteiger partial charge in [-0.2, -0.15) is 4.98 Å². The Morgan fingerprint density at radius 2 is 2.10 bits per heavy atom. The lowest BCUT2D eigenvalue weighted by molar-refractivity contribution is 0.216. The third-order valence-corrected chi connectivity index (χ3v) is 5.96. The second kappa shape index (κ2) is 5.54. The molecule has 2 aromatic heterocycles. The van der Waals surface area contributed by atoms with Crippen molar-refractivity contribution in [3.05, 3.63) is 22.3 Å². The molecule has 0 spiro atoms. The van der Waals surface area contributed by atoms with Crippen LogP contribution in [0.5, 0.6) is 0 Å². The summed E-state index contributed by atoms with van der Waals surface area (Å²) in [6.45, 7) is 6.46. The van der Waals surface area contributed by atoms with Gasteiger partial charge in [0.05, 0.1) is 10.4 Å². The number of rotatable bonds is 3. The van der Waals surface area contributed by atoms with Gasteiger partial charge < -0.3 is 10.3 Å². The van der Waals surface area contributed by atoms with E-state index in [1.54, 1.807) is 11.3 Å². The van der Waals surface area contributed by atoms with Gasteiger partial charge in [0.15, 0.2) is 5.82 Å². The summed E-state index contributed by atoms with van der Waals surface area (Å²) < 4.78 is 5.46. The lowest BCUT2D eigenvalue weighted by Gasteiger charge is -2.34. The zero-order valence-electron chi connectivity index (χ0n) is 13.0. The Kier molecular flexibility index (Phi) is 3.88. The molecule has 1 fully saturated rings. The van der Waals surface area contributed by atoms with Crippen LogP contribution in [-0.2, 0) is 5.54 Å². The van der Waals surface area contributed by atoms with E-state index in [1.165, 1.54) is 16.9 Å². The first kappa shape index (κ1) is 14.7. The number of thiophene rings is 1. The first-order valence-corrected chi connectivity index (χ1v) is 8.54. The summed E-state index contributed by atoms with van der Waals surface area (Å²) in [5.74, 6) is 2.08. The number of hydrogen-bond acceptors (Lipinski definition) is 5. The van der Waals surface area contributed by atoms with Gasteiger partial charge in [0.2, 0.25) is 0 Å². The number of hydrogen-bond donors (Lipinski definition) is 1. The molecule has 4 nitrogen and oxygen atoms in total. The van der Waals surface area contributed by atoms with Crippen LogP contribution in [0.2, 0.25) is 0 Å². The van der Waals surface area contributed by atoms with Crippen LogP contribution in [-0.4, -0.2) is 10.1 Å². The quantitative estimate of drug-likeness (QED) is 0.924. The van der Waals surface area contributed by atoms with Crippen LogP contribution < -0.4 is 5.73 Å². The lowest BCUT2D eigenvalue weighted by atomic mass is 9.76. The van der Waals surface area contributed by atoms with Crippen molar-refractivity contribution in [1.82, 2.24) is 10.1 Å². The summed E-state index contributed by atoms with van der Waals surface area (Å²) in [7, 11) is 0. The highest BCUT2D eigenvalue weighted by molar-refractivity contribution is 7.15. The van der Waals surface area contributed by atoms with Crippen LogP contribution in [0.15, 0.2) is 10.6 Å². The van der Waals surface area contributed by atoms with E-state index < -0.39 is 5.54 Å². The largest absolute Gasteiger partial charge is 0.333 e. The third kappa shape index (κ3) is 2.77. The van der Waals surface area contributed by atoms with Gasteiger partial charge >= 0.3 is 0 Å². The molecular formula is C16H23N3OS. The van der Waals surface area contributed by atoms with Gasteiger partial charge in [0.25, 0.3) is 5.89 Å². The van der Waals surface area contributed by atoms with Crippen molar-refractivity contribution in [2.75, 3.05) is 0 Å². The molecule has 0 bridgehead atoms. The number of aromatic nitrogens is 2. The van der Waals surface area contributed by atoms with Crippen molar-refractivity contribution in [3.8, 4) is 10.8 Å². The van der Waals surface area contributed by atoms with Gasteiger partial charge in [0.1, 0.15) is 0 Å². The molecule has 21 heavy (non-hydrogen) atoms. The van der Waals surface area contributed by atoms with Gasteiger partial charge in [-0.15, -0.1) is 11.3 Å². The first-order chi connectivity index (χ1) is 10.0. The second-order valence-corrected chi connectivity index (χ2v) is 7.54. The highest BCUT2D eigenvalue weighted by Gasteiger charge is 2.37. The Morgan fingerprint density at radius 3 is 2.67 bits per heavy atom. The highest BCUT2D eigenvalue weighted by Crippen LogP contribution is 2.38. The van der Waals surface area contributed by atoms with E-state index in [9.17, 15) is 0 Å². The van der Waals surface area contributed by atoms with E-state index in [2.05, 4.69) is 37.0 Å². The zero-order chi connectivity index (χ0) is 15.0. The summed E-state index contributed by atoms with van der Waals surface area (Å²) in [4.78, 5) is 6.91. The molecule has 0 unspecified atom stereocenters. The molecule has 0 atom stereocenters. The molecule has 1 aliphatic carbocycles. The van der Waals surface area contributed by atoms with Crippen LogP contribution in [0.3, 0.4) is 0 Å². The number of aryl methyl sites for hydroxylation is 2. The van der Waals surface area contributed by atoms with E-state index in [-0.39, 0.29) is 0 Å². The maximum absolute atomic E-state index is 6.54. The number of nitrogens with zero attached hydrogens (tertiary/aromatic N) is 2. The molecule has 0 aromatic carbocycles. The average molecular weight is 305 g/mol. The molecule has 3 rings (SSSR count). The monoisotopic (exact) mass is 305 g/mol. The van der Waals surface area contributed by atoms with Gasteiger partial charge in [-0.25, -0.2) is 0 Å². The molecule has 0 saturated heterocycles. The average Bonchev–Trinajstić information content (AvgIpc) is 3.08. The van der Waals surface area contributed by atoms with Crippen molar-refractivity contribution in [2.24, 2.45) is 11.7 Å². The van der Waals surface area contributed by atoms with Crippen LogP contribution in [0.1, 0.15) is 55.3 Å². The van der Waals surface area contributed by atoms with E-state index in [0.29, 0.717) is 11.7 Å². The molecule has 1 saturated carbocycles. The normalized spacial score (nSPS) is 26.2. The minimum absolute atomic E-state index is 0.408. The predicted octanol–water partition coefficient (Wildman–Crippen LogP) is 4.17. The fourth-order valence-electron chi connectivity index (χ4n) is 3.03. The molecule has 5 heteroatoms. The Bertz CT molecular complexity index is 604. The SMILES string of the molecule is CCC1CCC(N)(c2noc(-c3cc(C)c(C)s3)n2)CC1. The topological polar surface area (TPSA) is 64.9 Å². The molecule has 0 amide bonds. The summed E-state index contributed by atoms with van der Waals surface area (Å²) >= 11 is 1.69. The van der Waals surface area contributed by atoms with Crippen molar-refractivity contribution in [3.63, 3.8) is 0 Å². The van der Waals surface area contributed by atoms with Crippen LogP contribution >= 0.6 is 11.3 Å². The molecular weight excluding hydrogens is 282 g/mol. The van der Waals surface area contributed by atoms with Crippen LogP contribution in [0, 0.1) is 19.8 Å². The molecule has 2 aromatic rings. The van der Waals surface area contributed by atoms with Gasteiger partial charge in [-0.05, 0) is 57.1 Å². The molecule has 2 N–H and O–H groups in total. The van der Waals surface area contributed by atoms with Gasteiger partial charge in [0, 0.05) is 4.88 Å². The Hall–Kier alpha value is -1.20. The van der Waals surface area contributed by atoms with Gasteiger partial charge in [-0.3, -0.25) is 0 Å². The van der Waals surface area contributed by atoms with Crippen molar-refractivity contribution < 1.29 is 4.52 Å². The van der Waals surface area contributed by atoms with Crippen LogP contribution in [0.25, 0.3) is 10.8 Å². The Labute approximate surface area is 129 Å². The number of nitrogens with two attached hydrogens (primary N) is 1. The van der Waals surface area contributed by atoms with Gasteiger partial charge in [-0.1, -0.05) is 18.5 Å². The summed E-state index contributed by atoms with van der Waals surface area (Å²) in [5.41, 5.74) is 7.40. The summed E-state index contributed by atoms with van der Waals surface area (Å²) in [5, 5.41) is 4.17. The molecule has 114 valence electrons. The third-order valence-electron chi connectivity index (χ3n) is 4.82. The van der Waals surface area contributed by atoms with Crippen molar-refractivity contribution in [1.29, 1.82) is 0 Å². The van der Waals surface area contributed by atoms with Crippen molar-refractivity contribution in [2.45, 2.75) is 58.4 Å². The maximum Gasteiger partial charge on any atom is 0.268 e. The highest BCUT2D eigenvalue weighted by atomic mass is 32.1. The molecule has 0 radical (unpaired) electrons. The van der Waals surface area contributed by atoms with E-state index in [0.717, 1.165) is 36.5 Å². The van der Waals surface area contributed by atoms with Crippen molar-refractivity contribution >= 4 is 11.3 Å². The second-order valence-electron chi connectivity index (χ2n) is 6.28. The smallest absolute Gasteiger partial charge is 0.268 e. The minimum Gasteiger partial charge on any atom is -0.333 e. The standard InChI is InChI=1S/C16H23N3OS/c1-4-12-5-7-16(17,8-6-12)15-18-14(20-19-15)13-9-10(2)11(3)21-13/h9,12H,4-8,17H2,1-3H3. The van der Waals surface area contributed by atoms with E-state index in [1.807, 2.05) is 0 Å². The fraction of sp³-hybridized carbons (Fsp3) is 0.625. The Morgan fingerprint density at radius 1 is 1.38 bits per heavy atom. The molecule has 0 aliphatic heterocycles. The van der Waals surface area contributed by atoms with E-state index in [4.69, 9.17) is 10.3 Å². The zero-order valence-corrected chi connectivity index (χ0v) is 13.8. The lowest BCUT2D eigenvalue weighted by Crippen LogP contribution is -2.41. The molecule has 2 heterocycles. The first-order valence-electron chi connectivity index (χ1n) is 7.72. The summed E-state index contributed by atoms with van der Waals surface area (Å²) in [6.07, 6.45) is 5.46. The maximum atomic E-state index is 6.54.